The van der Waals surface area contributed by atoms with E-state index in [1.807, 2.05) is 12.1 Å². The standard InChI is InChI=1S/C18H22O2S/c1-5-18(2,3)16-10-6-14(7-11-16)15-8-12-17(13-9-15)21(4,19)20/h6-13H,5H2,1-4H3. The van der Waals surface area contributed by atoms with Crippen molar-refractivity contribution in [3.63, 3.8) is 0 Å². The van der Waals surface area contributed by atoms with Gasteiger partial charge in [-0.25, -0.2) is 8.42 Å². The molecule has 2 aromatic carbocycles. The Balaban J connectivity index is 2.31. The van der Waals surface area contributed by atoms with Crippen molar-refractivity contribution >= 4 is 9.84 Å². The van der Waals surface area contributed by atoms with Crippen LogP contribution in [0, 0.1) is 0 Å². The first-order valence-corrected chi connectivity index (χ1v) is 9.04. The summed E-state index contributed by atoms with van der Waals surface area (Å²) >= 11 is 0. The molecule has 0 atom stereocenters. The van der Waals surface area contributed by atoms with Gasteiger partial charge >= 0.3 is 0 Å². The van der Waals surface area contributed by atoms with E-state index in [9.17, 15) is 8.42 Å². The molecule has 0 aliphatic heterocycles. The second-order valence-corrected chi connectivity index (χ2v) is 8.13. The van der Waals surface area contributed by atoms with Crippen LogP contribution >= 0.6 is 0 Å². The maximum Gasteiger partial charge on any atom is 0.175 e. The Morgan fingerprint density at radius 2 is 1.29 bits per heavy atom. The van der Waals surface area contributed by atoms with Crippen LogP contribution < -0.4 is 0 Å². The van der Waals surface area contributed by atoms with Crippen LogP contribution in [0.2, 0.25) is 0 Å². The zero-order valence-electron chi connectivity index (χ0n) is 13.1. The van der Waals surface area contributed by atoms with Crippen LogP contribution in [0.25, 0.3) is 11.1 Å². The fraction of sp³-hybridized carbons (Fsp3) is 0.333. The van der Waals surface area contributed by atoms with E-state index in [2.05, 4.69) is 45.0 Å². The van der Waals surface area contributed by atoms with Gasteiger partial charge in [0.25, 0.3) is 0 Å². The van der Waals surface area contributed by atoms with Crippen LogP contribution in [0.1, 0.15) is 32.8 Å². The largest absolute Gasteiger partial charge is 0.224 e. The number of hydrogen-bond donors (Lipinski definition) is 0. The molecule has 0 saturated carbocycles. The summed E-state index contributed by atoms with van der Waals surface area (Å²) in [6, 6.07) is 15.5. The number of sulfone groups is 1. The molecule has 0 unspecified atom stereocenters. The highest BCUT2D eigenvalue weighted by atomic mass is 32.2. The van der Waals surface area contributed by atoms with Crippen LogP contribution in [0.4, 0.5) is 0 Å². The SMILES string of the molecule is CCC(C)(C)c1ccc(-c2ccc(S(C)(=O)=O)cc2)cc1. The van der Waals surface area contributed by atoms with Gasteiger partial charge in [-0.05, 0) is 40.7 Å². The average molecular weight is 302 g/mol. The lowest BCUT2D eigenvalue weighted by Crippen LogP contribution is -2.14. The fourth-order valence-corrected chi connectivity index (χ4v) is 2.84. The summed E-state index contributed by atoms with van der Waals surface area (Å²) in [5, 5.41) is 0. The van der Waals surface area contributed by atoms with Gasteiger partial charge in [-0.15, -0.1) is 0 Å². The van der Waals surface area contributed by atoms with Gasteiger partial charge in [0.15, 0.2) is 9.84 Å². The van der Waals surface area contributed by atoms with Crippen molar-refractivity contribution in [2.75, 3.05) is 6.26 Å². The first-order valence-electron chi connectivity index (χ1n) is 7.15. The van der Waals surface area contributed by atoms with E-state index >= 15 is 0 Å². The molecule has 0 spiro atoms. The molecule has 0 fully saturated rings. The monoisotopic (exact) mass is 302 g/mol. The van der Waals surface area contributed by atoms with Crippen molar-refractivity contribution in [2.24, 2.45) is 0 Å². The quantitative estimate of drug-likeness (QED) is 0.836. The molecular weight excluding hydrogens is 280 g/mol. The molecule has 0 radical (unpaired) electrons. The minimum atomic E-state index is -3.13. The summed E-state index contributed by atoms with van der Waals surface area (Å²) in [6.07, 6.45) is 2.32. The van der Waals surface area contributed by atoms with Gasteiger partial charge in [-0.2, -0.15) is 0 Å². The summed E-state index contributed by atoms with van der Waals surface area (Å²) in [5.41, 5.74) is 3.63. The van der Waals surface area contributed by atoms with Crippen LogP contribution in [0.3, 0.4) is 0 Å². The summed E-state index contributed by atoms with van der Waals surface area (Å²) in [5.74, 6) is 0. The normalized spacial score (nSPS) is 12.4. The molecule has 0 amide bonds. The van der Waals surface area contributed by atoms with E-state index < -0.39 is 9.84 Å². The van der Waals surface area contributed by atoms with E-state index in [-0.39, 0.29) is 5.41 Å². The Bertz CT molecular complexity index is 709. The van der Waals surface area contributed by atoms with E-state index in [4.69, 9.17) is 0 Å². The molecule has 0 aliphatic rings. The van der Waals surface area contributed by atoms with E-state index in [1.165, 1.54) is 11.8 Å². The molecule has 2 aromatic rings. The molecule has 21 heavy (non-hydrogen) atoms. The van der Waals surface area contributed by atoms with E-state index in [1.54, 1.807) is 12.1 Å². The molecule has 112 valence electrons. The predicted octanol–water partition coefficient (Wildman–Crippen LogP) is 4.44. The zero-order valence-corrected chi connectivity index (χ0v) is 13.9. The summed E-state index contributed by atoms with van der Waals surface area (Å²) in [6.45, 7) is 6.67. The Hall–Kier alpha value is -1.61. The molecule has 0 aliphatic carbocycles. The van der Waals surface area contributed by atoms with Crippen molar-refractivity contribution < 1.29 is 8.42 Å². The lowest BCUT2D eigenvalue weighted by atomic mass is 9.82. The molecule has 2 rings (SSSR count). The van der Waals surface area contributed by atoms with Gasteiger partial charge in [0.05, 0.1) is 4.90 Å². The van der Waals surface area contributed by atoms with Crippen LogP contribution in [-0.4, -0.2) is 14.7 Å². The van der Waals surface area contributed by atoms with Gasteiger partial charge < -0.3 is 0 Å². The smallest absolute Gasteiger partial charge is 0.175 e. The van der Waals surface area contributed by atoms with E-state index in [0.29, 0.717) is 4.90 Å². The number of hydrogen-bond acceptors (Lipinski definition) is 2. The van der Waals surface area contributed by atoms with Gasteiger partial charge in [0.2, 0.25) is 0 Å². The third kappa shape index (κ3) is 3.53. The van der Waals surface area contributed by atoms with Gasteiger partial charge in [0.1, 0.15) is 0 Å². The predicted molar refractivity (Wildman–Crippen MR) is 88.3 cm³/mol. The first-order chi connectivity index (χ1) is 9.74. The third-order valence-corrected chi connectivity index (χ3v) is 5.29. The topological polar surface area (TPSA) is 34.1 Å². The second-order valence-electron chi connectivity index (χ2n) is 6.11. The molecule has 0 saturated heterocycles. The highest BCUT2D eigenvalue weighted by Crippen LogP contribution is 2.29. The third-order valence-electron chi connectivity index (χ3n) is 4.17. The van der Waals surface area contributed by atoms with Crippen LogP contribution in [0.5, 0.6) is 0 Å². The first kappa shape index (κ1) is 15.8. The molecular formula is C18H22O2S. The fourth-order valence-electron chi connectivity index (χ4n) is 2.21. The Morgan fingerprint density at radius 1 is 0.857 bits per heavy atom. The Morgan fingerprint density at radius 3 is 1.67 bits per heavy atom. The summed E-state index contributed by atoms with van der Waals surface area (Å²) < 4.78 is 22.9. The molecule has 0 N–H and O–H groups in total. The van der Waals surface area contributed by atoms with Crippen molar-refractivity contribution in [3.05, 3.63) is 54.1 Å². The molecule has 0 bridgehead atoms. The van der Waals surface area contributed by atoms with Gasteiger partial charge in [-0.1, -0.05) is 57.2 Å². The second kappa shape index (κ2) is 5.64. The van der Waals surface area contributed by atoms with E-state index in [0.717, 1.165) is 17.5 Å². The average Bonchev–Trinajstić information content (AvgIpc) is 2.47. The number of benzene rings is 2. The van der Waals surface area contributed by atoms with Gasteiger partial charge in [-0.3, -0.25) is 0 Å². The van der Waals surface area contributed by atoms with Crippen molar-refractivity contribution in [2.45, 2.75) is 37.5 Å². The summed E-state index contributed by atoms with van der Waals surface area (Å²) in [4.78, 5) is 0.356. The van der Waals surface area contributed by atoms with Crippen LogP contribution in [-0.2, 0) is 15.3 Å². The minimum absolute atomic E-state index is 0.179. The van der Waals surface area contributed by atoms with Crippen molar-refractivity contribution in [1.82, 2.24) is 0 Å². The Kier molecular flexibility index (Phi) is 4.24. The lowest BCUT2D eigenvalue weighted by Gasteiger charge is -2.23. The van der Waals surface area contributed by atoms with Crippen molar-refractivity contribution in [3.8, 4) is 11.1 Å². The Labute approximate surface area is 127 Å². The van der Waals surface area contributed by atoms with Crippen molar-refractivity contribution in [1.29, 1.82) is 0 Å². The maximum absolute atomic E-state index is 11.5. The summed E-state index contributed by atoms with van der Waals surface area (Å²) in [7, 11) is -3.13. The maximum atomic E-state index is 11.5. The number of rotatable bonds is 4. The van der Waals surface area contributed by atoms with Crippen LogP contribution in [0.15, 0.2) is 53.4 Å². The highest BCUT2D eigenvalue weighted by Gasteiger charge is 2.17. The highest BCUT2D eigenvalue weighted by molar-refractivity contribution is 7.90. The lowest BCUT2D eigenvalue weighted by molar-refractivity contribution is 0.506. The molecule has 3 heteroatoms. The molecule has 2 nitrogen and oxygen atoms in total. The zero-order chi connectivity index (χ0) is 15.7. The van der Waals surface area contributed by atoms with Gasteiger partial charge in [0, 0.05) is 6.26 Å². The molecule has 0 aromatic heterocycles. The minimum Gasteiger partial charge on any atom is -0.224 e. The molecule has 0 heterocycles.